The topological polar surface area (TPSA) is 26.3 Å². The van der Waals surface area contributed by atoms with E-state index in [0.717, 1.165) is 5.75 Å². The van der Waals surface area contributed by atoms with Crippen LogP contribution >= 0.6 is 0 Å². The van der Waals surface area contributed by atoms with E-state index < -0.39 is 0 Å². The minimum atomic E-state index is -0.349. The van der Waals surface area contributed by atoms with Crippen molar-refractivity contribution in [3.05, 3.63) is 54.6 Å². The summed E-state index contributed by atoms with van der Waals surface area (Å²) < 4.78 is 5.91. The van der Waals surface area contributed by atoms with Gasteiger partial charge in [0.25, 0.3) is 0 Å². The van der Waals surface area contributed by atoms with Crippen LogP contribution in [0.4, 0.5) is 0 Å². The first-order chi connectivity index (χ1) is 9.57. The Kier molecular flexibility index (Phi) is 3.09. The molecule has 0 aliphatic heterocycles. The summed E-state index contributed by atoms with van der Waals surface area (Å²) in [5.41, 5.74) is 2.01. The minimum Gasteiger partial charge on any atom is -0.489 e. The van der Waals surface area contributed by atoms with E-state index in [4.69, 9.17) is 4.74 Å². The number of hydrogen-bond acceptors (Lipinski definition) is 2. The smallest absolute Gasteiger partial charge is 0.145 e. The van der Waals surface area contributed by atoms with Crippen LogP contribution in [-0.4, -0.2) is 11.9 Å². The molecular weight excluding hydrogens is 248 g/mol. The monoisotopic (exact) mass is 266 g/mol. The summed E-state index contributed by atoms with van der Waals surface area (Å²) in [7, 11) is 0. The van der Waals surface area contributed by atoms with Crippen molar-refractivity contribution in [2.75, 3.05) is 0 Å². The summed E-state index contributed by atoms with van der Waals surface area (Å²) in [6.45, 7) is 3.89. The van der Waals surface area contributed by atoms with Gasteiger partial charge in [-0.3, -0.25) is 4.79 Å². The van der Waals surface area contributed by atoms with E-state index in [1.165, 1.54) is 11.1 Å². The summed E-state index contributed by atoms with van der Waals surface area (Å²) >= 11 is 0. The highest BCUT2D eigenvalue weighted by atomic mass is 16.5. The largest absolute Gasteiger partial charge is 0.489 e. The van der Waals surface area contributed by atoms with E-state index in [9.17, 15) is 4.79 Å². The van der Waals surface area contributed by atoms with Gasteiger partial charge >= 0.3 is 0 Å². The first-order valence-electron chi connectivity index (χ1n) is 6.93. The van der Waals surface area contributed by atoms with Crippen LogP contribution in [0, 0.1) is 5.41 Å². The fraction of sp³-hybridized carbons (Fsp3) is 0.278. The Labute approximate surface area is 119 Å². The normalized spacial score (nSPS) is 20.3. The van der Waals surface area contributed by atoms with Gasteiger partial charge in [-0.25, -0.2) is 0 Å². The van der Waals surface area contributed by atoms with E-state index in [-0.39, 0.29) is 17.3 Å². The number of hydrogen-bond donors (Lipinski definition) is 0. The average Bonchev–Trinajstić information content (AvgIpc) is 2.48. The predicted octanol–water partition coefficient (Wildman–Crippen LogP) is 4.10. The van der Waals surface area contributed by atoms with Crippen LogP contribution in [0.1, 0.15) is 20.3 Å². The Morgan fingerprint density at radius 3 is 2.10 bits per heavy atom. The van der Waals surface area contributed by atoms with E-state index in [1.54, 1.807) is 0 Å². The molecule has 2 heteroatoms. The Morgan fingerprint density at radius 2 is 1.55 bits per heavy atom. The molecule has 0 bridgehead atoms. The van der Waals surface area contributed by atoms with Crippen LogP contribution in [0.2, 0.25) is 0 Å². The molecule has 1 atom stereocenters. The molecular formula is C18H18O2. The lowest BCUT2D eigenvalue weighted by molar-refractivity contribution is -0.148. The lowest BCUT2D eigenvalue weighted by atomic mass is 9.68. The van der Waals surface area contributed by atoms with Crippen molar-refractivity contribution in [1.82, 2.24) is 0 Å². The zero-order chi connectivity index (χ0) is 14.2. The summed E-state index contributed by atoms with van der Waals surface area (Å²) in [6, 6.07) is 18.3. The van der Waals surface area contributed by atoms with E-state index in [2.05, 4.69) is 24.3 Å². The number of ketones is 1. The third-order valence-corrected chi connectivity index (χ3v) is 4.13. The van der Waals surface area contributed by atoms with Crippen molar-refractivity contribution < 1.29 is 9.53 Å². The fourth-order valence-corrected chi connectivity index (χ4v) is 2.44. The molecule has 0 radical (unpaired) electrons. The molecule has 1 aliphatic rings. The molecule has 2 nitrogen and oxygen atoms in total. The summed E-state index contributed by atoms with van der Waals surface area (Å²) in [6.07, 6.45) is 0.519. The van der Waals surface area contributed by atoms with Crippen LogP contribution in [0.5, 0.6) is 5.75 Å². The Balaban J connectivity index is 1.73. The second-order valence-corrected chi connectivity index (χ2v) is 5.85. The summed E-state index contributed by atoms with van der Waals surface area (Å²) in [5.74, 6) is 1.11. The zero-order valence-corrected chi connectivity index (χ0v) is 11.8. The highest BCUT2D eigenvalue weighted by molar-refractivity contribution is 5.91. The van der Waals surface area contributed by atoms with Crippen molar-refractivity contribution in [3.63, 3.8) is 0 Å². The Bertz CT molecular complexity index is 612. The molecule has 102 valence electrons. The van der Waals surface area contributed by atoms with Gasteiger partial charge < -0.3 is 4.74 Å². The van der Waals surface area contributed by atoms with Crippen LogP contribution in [0.25, 0.3) is 11.1 Å². The molecule has 0 N–H and O–H groups in total. The molecule has 1 fully saturated rings. The molecule has 1 aliphatic carbocycles. The van der Waals surface area contributed by atoms with Crippen molar-refractivity contribution in [2.45, 2.75) is 26.4 Å². The van der Waals surface area contributed by atoms with Crippen molar-refractivity contribution in [3.8, 4) is 16.9 Å². The maximum Gasteiger partial charge on any atom is 0.145 e. The van der Waals surface area contributed by atoms with Gasteiger partial charge in [0, 0.05) is 6.42 Å². The molecule has 20 heavy (non-hydrogen) atoms. The molecule has 2 aromatic carbocycles. The number of benzene rings is 2. The lowest BCUT2D eigenvalue weighted by Crippen LogP contribution is -2.52. The molecule has 0 heterocycles. The van der Waals surface area contributed by atoms with Crippen LogP contribution < -0.4 is 4.74 Å². The van der Waals surface area contributed by atoms with E-state index >= 15 is 0 Å². The van der Waals surface area contributed by atoms with Crippen molar-refractivity contribution in [1.29, 1.82) is 0 Å². The van der Waals surface area contributed by atoms with Gasteiger partial charge in [0.2, 0.25) is 0 Å². The molecule has 0 amide bonds. The molecule has 0 spiro atoms. The third-order valence-electron chi connectivity index (χ3n) is 4.13. The highest BCUT2D eigenvalue weighted by Crippen LogP contribution is 2.39. The average molecular weight is 266 g/mol. The number of carbonyl (C=O) groups is 1. The lowest BCUT2D eigenvalue weighted by Gasteiger charge is -2.41. The van der Waals surface area contributed by atoms with Gasteiger partial charge in [-0.15, -0.1) is 0 Å². The number of ether oxygens (including phenoxy) is 1. The van der Waals surface area contributed by atoms with E-state index in [0.29, 0.717) is 6.42 Å². The van der Waals surface area contributed by atoms with Gasteiger partial charge in [0.1, 0.15) is 17.6 Å². The zero-order valence-electron chi connectivity index (χ0n) is 11.8. The molecule has 2 aromatic rings. The first-order valence-corrected chi connectivity index (χ1v) is 6.93. The minimum absolute atomic E-state index is 0.00225. The number of Topliss-reactive ketones (excluding diaryl/α,β-unsaturated/α-hetero) is 1. The number of rotatable bonds is 3. The van der Waals surface area contributed by atoms with Gasteiger partial charge in [-0.1, -0.05) is 42.5 Å². The highest BCUT2D eigenvalue weighted by Gasteiger charge is 2.49. The second-order valence-electron chi connectivity index (χ2n) is 5.85. The predicted molar refractivity (Wildman–Crippen MR) is 79.7 cm³/mol. The Hall–Kier alpha value is -2.09. The molecule has 0 aromatic heterocycles. The molecule has 1 saturated carbocycles. The second kappa shape index (κ2) is 4.78. The van der Waals surface area contributed by atoms with Gasteiger partial charge in [-0.2, -0.15) is 0 Å². The van der Waals surface area contributed by atoms with Crippen molar-refractivity contribution >= 4 is 5.78 Å². The molecule has 1 unspecified atom stereocenters. The van der Waals surface area contributed by atoms with Crippen molar-refractivity contribution in [2.24, 2.45) is 5.41 Å². The van der Waals surface area contributed by atoms with Gasteiger partial charge in [-0.05, 0) is 37.1 Å². The van der Waals surface area contributed by atoms with Gasteiger partial charge in [0.05, 0.1) is 5.41 Å². The van der Waals surface area contributed by atoms with Crippen LogP contribution in [-0.2, 0) is 4.79 Å². The van der Waals surface area contributed by atoms with Gasteiger partial charge in [0.15, 0.2) is 0 Å². The van der Waals surface area contributed by atoms with E-state index in [1.807, 2.05) is 44.2 Å². The fourth-order valence-electron chi connectivity index (χ4n) is 2.44. The third kappa shape index (κ3) is 2.22. The van der Waals surface area contributed by atoms with Crippen LogP contribution in [0.3, 0.4) is 0 Å². The number of carbonyl (C=O) groups excluding carboxylic acids is 1. The standard InChI is InChI=1S/C18H18O2/c1-18(2)16(19)12-17(18)20-15-10-8-14(9-11-15)13-6-4-3-5-7-13/h3-11,17H,12H2,1-2H3. The Morgan fingerprint density at radius 1 is 0.950 bits per heavy atom. The summed E-state index contributed by atoms with van der Waals surface area (Å²) in [5, 5.41) is 0. The van der Waals surface area contributed by atoms with Crippen LogP contribution in [0.15, 0.2) is 54.6 Å². The molecule has 0 saturated heterocycles. The summed E-state index contributed by atoms with van der Waals surface area (Å²) in [4.78, 5) is 11.5. The maximum absolute atomic E-state index is 11.5. The first kappa shape index (κ1) is 12.9. The SMILES string of the molecule is CC1(C)C(=O)CC1Oc1ccc(-c2ccccc2)cc1. The quantitative estimate of drug-likeness (QED) is 0.836. The maximum atomic E-state index is 11.5. The molecule has 3 rings (SSSR count).